The topological polar surface area (TPSA) is 93.5 Å². The summed E-state index contributed by atoms with van der Waals surface area (Å²) < 4.78 is 17.2. The number of aryl methyl sites for hydroxylation is 1. The molecule has 2 fully saturated rings. The minimum Gasteiger partial charge on any atom is -0.462 e. The molecule has 3 aliphatic rings. The van der Waals surface area contributed by atoms with Gasteiger partial charge in [-0.1, -0.05) is 13.8 Å². The smallest absolute Gasteiger partial charge is 0.293 e. The van der Waals surface area contributed by atoms with Gasteiger partial charge >= 0.3 is 0 Å². The highest BCUT2D eigenvalue weighted by Crippen LogP contribution is 2.29. The van der Waals surface area contributed by atoms with Gasteiger partial charge in [0.2, 0.25) is 0 Å². The molecule has 1 aromatic heterocycles. The van der Waals surface area contributed by atoms with Crippen LogP contribution in [-0.4, -0.2) is 123 Å². The average molecular weight is 635 g/mol. The van der Waals surface area contributed by atoms with Crippen molar-refractivity contribution in [1.82, 2.24) is 19.3 Å². The Bertz CT molecular complexity index is 1010. The van der Waals surface area contributed by atoms with E-state index in [0.717, 1.165) is 103 Å². The third-order valence-electron chi connectivity index (χ3n) is 8.34. The largest absolute Gasteiger partial charge is 0.462 e. The first-order valence-corrected chi connectivity index (χ1v) is 16.9. The number of rotatable bonds is 11. The first kappa shape index (κ1) is 38.9. The molecule has 1 aromatic rings. The number of carbonyl (C=O) groups excluding carboxylic acids is 3. The maximum atomic E-state index is 14.0. The molecular weight excluding hydrogens is 572 g/mol. The lowest BCUT2D eigenvalue weighted by Crippen LogP contribution is -2.53. The summed E-state index contributed by atoms with van der Waals surface area (Å²) in [5.74, 6) is 0.519. The number of aromatic nitrogens is 1. The molecule has 10 heteroatoms. The van der Waals surface area contributed by atoms with Crippen LogP contribution in [0, 0.1) is 11.8 Å². The van der Waals surface area contributed by atoms with Gasteiger partial charge in [0.15, 0.2) is 0 Å². The van der Waals surface area contributed by atoms with E-state index in [9.17, 15) is 14.4 Å². The summed E-state index contributed by atoms with van der Waals surface area (Å²) >= 11 is 0. The van der Waals surface area contributed by atoms with Crippen LogP contribution in [0.25, 0.3) is 0 Å². The Morgan fingerprint density at radius 3 is 2.29 bits per heavy atom. The maximum absolute atomic E-state index is 14.0. The Hall–Kier alpha value is -2.27. The van der Waals surface area contributed by atoms with Crippen molar-refractivity contribution in [3.63, 3.8) is 0 Å². The fourth-order valence-corrected chi connectivity index (χ4v) is 6.11. The molecular formula is C35H62N4O6. The predicted molar refractivity (Wildman–Crippen MR) is 179 cm³/mol. The molecule has 2 unspecified atom stereocenters. The molecule has 0 spiro atoms. The second-order valence-electron chi connectivity index (χ2n) is 14.2. The van der Waals surface area contributed by atoms with Crippen molar-refractivity contribution in [2.75, 3.05) is 73.7 Å². The van der Waals surface area contributed by atoms with Crippen LogP contribution in [0.1, 0.15) is 88.5 Å². The zero-order valence-corrected chi connectivity index (χ0v) is 29.5. The zero-order valence-electron chi connectivity index (χ0n) is 29.5. The highest BCUT2D eigenvalue weighted by atomic mass is 16.5. The molecule has 1 aliphatic carbocycles. The number of likely N-dealkylation sites (tertiary alicyclic amines) is 1. The molecule has 3 heterocycles. The fourth-order valence-electron chi connectivity index (χ4n) is 6.11. The Morgan fingerprint density at radius 1 is 1.07 bits per heavy atom. The number of unbranched alkanes of at least 4 members (excludes halogenated alkanes) is 1. The van der Waals surface area contributed by atoms with E-state index >= 15 is 0 Å². The number of hydrogen-bond donors (Lipinski definition) is 0. The molecule has 0 saturated carbocycles. The van der Waals surface area contributed by atoms with Gasteiger partial charge in [0.25, 0.3) is 12.4 Å². The summed E-state index contributed by atoms with van der Waals surface area (Å²) in [6, 6.07) is 2.25. The van der Waals surface area contributed by atoms with Gasteiger partial charge < -0.3 is 38.3 Å². The molecule has 4 rings (SSSR count). The third kappa shape index (κ3) is 13.9. The molecule has 0 aromatic carbocycles. The highest BCUT2D eigenvalue weighted by Gasteiger charge is 2.34. The third-order valence-corrected chi connectivity index (χ3v) is 8.34. The summed E-state index contributed by atoms with van der Waals surface area (Å²) in [5.41, 5.74) is 3.25. The van der Waals surface area contributed by atoms with Gasteiger partial charge in [-0.3, -0.25) is 9.59 Å². The number of piperidine rings is 1. The SMILES string of the molecule is CC(C)(C)OC=O.CN1CCOCC1.COCCCCn1c(C(=O)N(CC(C)C)C2CC(C=O)CN(C)C2)cc2c1CCCC2. The van der Waals surface area contributed by atoms with Crippen molar-refractivity contribution in [3.05, 3.63) is 23.0 Å². The Labute approximate surface area is 272 Å². The molecule has 0 radical (unpaired) electrons. The van der Waals surface area contributed by atoms with Crippen molar-refractivity contribution >= 4 is 18.7 Å². The normalized spacial score (nSPS) is 20.6. The molecule has 10 nitrogen and oxygen atoms in total. The minimum absolute atomic E-state index is 0.000229. The lowest BCUT2D eigenvalue weighted by Gasteiger charge is -2.41. The summed E-state index contributed by atoms with van der Waals surface area (Å²) in [7, 11) is 5.91. The van der Waals surface area contributed by atoms with Crippen molar-refractivity contribution in [1.29, 1.82) is 0 Å². The number of aldehydes is 1. The van der Waals surface area contributed by atoms with Gasteiger partial charge in [-0.25, -0.2) is 0 Å². The minimum atomic E-state index is -0.318. The number of amides is 1. The number of hydrogen-bond acceptors (Lipinski definition) is 8. The molecule has 2 saturated heterocycles. The second-order valence-corrected chi connectivity index (χ2v) is 14.2. The average Bonchev–Trinajstić information content (AvgIpc) is 3.36. The molecule has 2 atom stereocenters. The summed E-state index contributed by atoms with van der Waals surface area (Å²) in [4.78, 5) is 41.7. The van der Waals surface area contributed by atoms with Crippen LogP contribution in [0.5, 0.6) is 0 Å². The zero-order chi connectivity index (χ0) is 33.4. The molecule has 258 valence electrons. The molecule has 2 aliphatic heterocycles. The van der Waals surface area contributed by atoms with E-state index in [-0.39, 0.29) is 23.5 Å². The first-order valence-electron chi connectivity index (χ1n) is 16.9. The quantitative estimate of drug-likeness (QED) is 0.263. The fraction of sp³-hybridized carbons (Fsp3) is 0.800. The first-order chi connectivity index (χ1) is 21.4. The number of morpholine rings is 1. The maximum Gasteiger partial charge on any atom is 0.293 e. The van der Waals surface area contributed by atoms with Crippen LogP contribution < -0.4 is 0 Å². The van der Waals surface area contributed by atoms with Gasteiger partial charge in [0.1, 0.15) is 17.6 Å². The number of fused-ring (bicyclic) bond motifs is 1. The van der Waals surface area contributed by atoms with Crippen LogP contribution in [0.2, 0.25) is 0 Å². The lowest BCUT2D eigenvalue weighted by molar-refractivity contribution is -0.138. The van der Waals surface area contributed by atoms with Gasteiger partial charge in [-0.05, 0) is 97.4 Å². The molecule has 0 bridgehead atoms. The van der Waals surface area contributed by atoms with E-state index in [2.05, 4.69) is 58.0 Å². The van der Waals surface area contributed by atoms with Crippen molar-refractivity contribution in [3.8, 4) is 0 Å². The Balaban J connectivity index is 0.000000414. The van der Waals surface area contributed by atoms with Crippen LogP contribution >= 0.6 is 0 Å². The van der Waals surface area contributed by atoms with Crippen molar-refractivity contribution < 1.29 is 28.6 Å². The van der Waals surface area contributed by atoms with E-state index < -0.39 is 0 Å². The van der Waals surface area contributed by atoms with Crippen LogP contribution in [-0.2, 0) is 43.2 Å². The van der Waals surface area contributed by atoms with E-state index in [4.69, 9.17) is 9.47 Å². The summed E-state index contributed by atoms with van der Waals surface area (Å²) in [5, 5.41) is 0. The number of likely N-dealkylation sites (N-methyl/N-ethyl adjacent to an activating group) is 2. The lowest BCUT2D eigenvalue weighted by atomic mass is 9.94. The van der Waals surface area contributed by atoms with E-state index in [1.54, 1.807) is 7.11 Å². The number of nitrogens with zero attached hydrogens (tertiary/aromatic N) is 4. The van der Waals surface area contributed by atoms with Gasteiger partial charge in [0.05, 0.1) is 13.2 Å². The van der Waals surface area contributed by atoms with E-state index in [1.807, 2.05) is 20.8 Å². The Kier molecular flexibility index (Phi) is 17.4. The standard InChI is InChI=1S/C25H41N3O3.C5H11NO.C5H10O2/c1-19(2)15-28(22-13-20(18-29)16-26(3)17-22)25(30)24-14-21-9-5-6-10-23(21)27(24)11-7-8-12-31-4;1-6-2-4-7-5-3-6;1-5(2,3)7-4-6/h14,18-20,22H,5-13,15-17H2,1-4H3;2-5H2,1H3;4H,1-3H3. The van der Waals surface area contributed by atoms with Gasteiger partial charge in [-0.2, -0.15) is 0 Å². The predicted octanol–water partition coefficient (Wildman–Crippen LogP) is 4.32. The van der Waals surface area contributed by atoms with E-state index in [0.29, 0.717) is 12.4 Å². The number of carbonyl (C=O) groups is 3. The summed E-state index contributed by atoms with van der Waals surface area (Å²) in [6.45, 7) is 18.2. The van der Waals surface area contributed by atoms with Gasteiger partial charge in [-0.15, -0.1) is 0 Å². The summed E-state index contributed by atoms with van der Waals surface area (Å²) in [6.07, 6.45) is 8.39. The van der Waals surface area contributed by atoms with Crippen LogP contribution in [0.4, 0.5) is 0 Å². The van der Waals surface area contributed by atoms with Crippen molar-refractivity contribution in [2.24, 2.45) is 11.8 Å². The molecule has 1 amide bonds. The van der Waals surface area contributed by atoms with Crippen LogP contribution in [0.3, 0.4) is 0 Å². The molecule has 0 N–H and O–H groups in total. The van der Waals surface area contributed by atoms with Crippen LogP contribution in [0.15, 0.2) is 6.07 Å². The number of methoxy groups -OCH3 is 1. The van der Waals surface area contributed by atoms with Crippen molar-refractivity contribution in [2.45, 2.75) is 97.8 Å². The monoisotopic (exact) mass is 634 g/mol. The molecule has 45 heavy (non-hydrogen) atoms. The number of ether oxygens (including phenoxy) is 3. The van der Waals surface area contributed by atoms with E-state index in [1.165, 1.54) is 24.1 Å². The highest BCUT2D eigenvalue weighted by molar-refractivity contribution is 5.93. The Morgan fingerprint density at radius 2 is 1.76 bits per heavy atom. The van der Waals surface area contributed by atoms with Gasteiger partial charge in [0, 0.05) is 70.6 Å². The second kappa shape index (κ2) is 20.1.